The number of anilines is 2. The third-order valence-corrected chi connectivity index (χ3v) is 4.62. The average molecular weight is 422 g/mol. The summed E-state index contributed by atoms with van der Waals surface area (Å²) in [7, 11) is 0. The lowest BCUT2D eigenvalue weighted by Crippen LogP contribution is -2.37. The summed E-state index contributed by atoms with van der Waals surface area (Å²) in [4.78, 5) is 22.7. The lowest BCUT2D eigenvalue weighted by Gasteiger charge is -2.34. The van der Waals surface area contributed by atoms with E-state index in [2.05, 4.69) is 47.5 Å². The summed E-state index contributed by atoms with van der Waals surface area (Å²) in [5.74, 6) is 0.760. The molecule has 0 bridgehead atoms. The predicted octanol–water partition coefficient (Wildman–Crippen LogP) is 3.54. The number of fused-ring (bicyclic) bond motifs is 1. The van der Waals surface area contributed by atoms with Crippen LogP contribution in [0.2, 0.25) is 0 Å². The number of hydrogen-bond donors (Lipinski definition) is 2. The lowest BCUT2D eigenvalue weighted by molar-refractivity contribution is 0.0530. The van der Waals surface area contributed by atoms with Gasteiger partial charge in [-0.2, -0.15) is 0 Å². The minimum Gasteiger partial charge on any atom is -0.444 e. The number of carbonyl (C=O) groups excluding carboxylic acids is 1. The number of nitrogens with zero attached hydrogens (tertiary/aromatic N) is 3. The highest BCUT2D eigenvalue weighted by atomic mass is 79.9. The molecule has 26 heavy (non-hydrogen) atoms. The number of hydrogen-bond acceptors (Lipinski definition) is 6. The van der Waals surface area contributed by atoms with Crippen LogP contribution in [0.5, 0.6) is 0 Å². The molecule has 1 aliphatic rings. The van der Waals surface area contributed by atoms with Gasteiger partial charge in [0.2, 0.25) is 0 Å². The highest BCUT2D eigenvalue weighted by molar-refractivity contribution is 9.10. The minimum atomic E-state index is -0.499. The van der Waals surface area contributed by atoms with Gasteiger partial charge in [0.05, 0.1) is 11.2 Å². The van der Waals surface area contributed by atoms with Gasteiger partial charge in [0.25, 0.3) is 0 Å². The highest BCUT2D eigenvalue weighted by Gasteiger charge is 2.19. The Kier molecular flexibility index (Phi) is 5.50. The summed E-state index contributed by atoms with van der Waals surface area (Å²) in [5, 5.41) is 6.97. The van der Waals surface area contributed by atoms with Crippen LogP contribution in [-0.4, -0.2) is 47.8 Å². The first kappa shape index (κ1) is 18.7. The smallest absolute Gasteiger partial charge is 0.407 e. The molecule has 0 saturated carbocycles. The van der Waals surface area contributed by atoms with Crippen LogP contribution in [0.15, 0.2) is 22.9 Å². The fraction of sp³-hybridized carbons (Fsp3) is 0.500. The van der Waals surface area contributed by atoms with Crippen LogP contribution in [0.25, 0.3) is 10.9 Å². The third kappa shape index (κ3) is 4.55. The van der Waals surface area contributed by atoms with Gasteiger partial charge >= 0.3 is 6.09 Å². The molecule has 1 aliphatic heterocycles. The molecule has 8 heteroatoms. The molecule has 0 aliphatic carbocycles. The standard InChI is InChI=1S/C18H24BrN5O2/c1-18(2,3)26-17(25)21-6-5-20-16-12-9-15(24-7-4-8-24)13(19)10-14(12)22-11-23-16/h9-11H,4-8H2,1-3H3,(H,21,25)(H,20,22,23). The number of benzene rings is 1. The van der Waals surface area contributed by atoms with Gasteiger partial charge in [-0.25, -0.2) is 14.8 Å². The Morgan fingerprint density at radius 1 is 1.27 bits per heavy atom. The van der Waals surface area contributed by atoms with E-state index in [1.54, 1.807) is 6.33 Å². The van der Waals surface area contributed by atoms with Gasteiger partial charge in [-0.15, -0.1) is 0 Å². The Hall–Kier alpha value is -2.09. The van der Waals surface area contributed by atoms with E-state index in [1.807, 2.05) is 26.8 Å². The Balaban J connectivity index is 1.65. The van der Waals surface area contributed by atoms with Crippen molar-refractivity contribution in [3.63, 3.8) is 0 Å². The zero-order chi connectivity index (χ0) is 18.7. The first-order chi connectivity index (χ1) is 12.3. The molecule has 2 N–H and O–H groups in total. The van der Waals surface area contributed by atoms with Gasteiger partial charge in [0, 0.05) is 36.0 Å². The van der Waals surface area contributed by atoms with Crippen molar-refractivity contribution in [3.05, 3.63) is 22.9 Å². The molecule has 2 aromatic rings. The molecule has 2 heterocycles. The van der Waals surface area contributed by atoms with Gasteiger partial charge in [-0.05, 0) is 55.3 Å². The quantitative estimate of drug-likeness (QED) is 0.718. The van der Waals surface area contributed by atoms with Crippen molar-refractivity contribution in [3.8, 4) is 0 Å². The number of carbonyl (C=O) groups is 1. The number of alkyl carbamates (subject to hydrolysis) is 1. The second-order valence-corrected chi connectivity index (χ2v) is 8.09. The number of amides is 1. The summed E-state index contributed by atoms with van der Waals surface area (Å²) in [6, 6.07) is 4.14. The maximum atomic E-state index is 11.7. The summed E-state index contributed by atoms with van der Waals surface area (Å²) in [6.45, 7) is 8.64. The zero-order valence-electron chi connectivity index (χ0n) is 15.3. The zero-order valence-corrected chi connectivity index (χ0v) is 16.9. The largest absolute Gasteiger partial charge is 0.444 e. The number of aromatic nitrogens is 2. The normalized spacial score (nSPS) is 14.1. The van der Waals surface area contributed by atoms with E-state index in [0.717, 1.165) is 40.0 Å². The topological polar surface area (TPSA) is 79.4 Å². The molecule has 1 saturated heterocycles. The molecule has 1 aromatic heterocycles. The maximum absolute atomic E-state index is 11.7. The molecule has 1 fully saturated rings. The Morgan fingerprint density at radius 3 is 2.69 bits per heavy atom. The van der Waals surface area contributed by atoms with Crippen molar-refractivity contribution < 1.29 is 9.53 Å². The Bertz CT molecular complexity index is 802. The van der Waals surface area contributed by atoms with E-state index in [4.69, 9.17) is 4.74 Å². The Labute approximate surface area is 161 Å². The fourth-order valence-corrected chi connectivity index (χ4v) is 3.25. The second kappa shape index (κ2) is 7.65. The minimum absolute atomic E-state index is 0.421. The average Bonchev–Trinajstić information content (AvgIpc) is 2.49. The van der Waals surface area contributed by atoms with Crippen LogP contribution >= 0.6 is 15.9 Å². The first-order valence-corrected chi connectivity index (χ1v) is 9.53. The molecule has 0 radical (unpaired) electrons. The van der Waals surface area contributed by atoms with Crippen molar-refractivity contribution in [1.82, 2.24) is 15.3 Å². The van der Waals surface area contributed by atoms with Crippen LogP contribution in [-0.2, 0) is 4.74 Å². The van der Waals surface area contributed by atoms with E-state index in [9.17, 15) is 4.79 Å². The van der Waals surface area contributed by atoms with Crippen molar-refractivity contribution in [2.75, 3.05) is 36.4 Å². The Morgan fingerprint density at radius 2 is 2.04 bits per heavy atom. The second-order valence-electron chi connectivity index (χ2n) is 7.24. The van der Waals surface area contributed by atoms with E-state index >= 15 is 0 Å². The third-order valence-electron chi connectivity index (χ3n) is 3.99. The molecule has 140 valence electrons. The SMILES string of the molecule is CC(C)(C)OC(=O)NCCNc1ncnc2cc(Br)c(N3CCC3)cc12. The predicted molar refractivity (Wildman–Crippen MR) is 107 cm³/mol. The summed E-state index contributed by atoms with van der Waals surface area (Å²) in [6.07, 6.45) is 2.34. The van der Waals surface area contributed by atoms with Gasteiger partial charge < -0.3 is 20.3 Å². The van der Waals surface area contributed by atoms with Gasteiger partial charge in [0.15, 0.2) is 0 Å². The number of nitrogens with one attached hydrogen (secondary N) is 2. The monoisotopic (exact) mass is 421 g/mol. The molecule has 0 atom stereocenters. The van der Waals surface area contributed by atoms with E-state index in [-0.39, 0.29) is 0 Å². The van der Waals surface area contributed by atoms with Crippen LogP contribution in [0.3, 0.4) is 0 Å². The number of ether oxygens (including phenoxy) is 1. The van der Waals surface area contributed by atoms with E-state index in [0.29, 0.717) is 13.1 Å². The van der Waals surface area contributed by atoms with Crippen molar-refractivity contribution in [2.24, 2.45) is 0 Å². The van der Waals surface area contributed by atoms with E-state index in [1.165, 1.54) is 6.42 Å². The van der Waals surface area contributed by atoms with Crippen molar-refractivity contribution in [1.29, 1.82) is 0 Å². The van der Waals surface area contributed by atoms with Gasteiger partial charge in [0.1, 0.15) is 17.7 Å². The highest BCUT2D eigenvalue weighted by Crippen LogP contribution is 2.34. The number of halogens is 1. The molecular weight excluding hydrogens is 398 g/mol. The maximum Gasteiger partial charge on any atom is 0.407 e. The molecule has 3 rings (SSSR count). The van der Waals surface area contributed by atoms with Crippen LogP contribution in [0, 0.1) is 0 Å². The summed E-state index contributed by atoms with van der Waals surface area (Å²) < 4.78 is 6.26. The van der Waals surface area contributed by atoms with Crippen LogP contribution < -0.4 is 15.5 Å². The van der Waals surface area contributed by atoms with Crippen LogP contribution in [0.1, 0.15) is 27.2 Å². The molecule has 1 amide bonds. The molecule has 0 unspecified atom stereocenters. The first-order valence-electron chi connectivity index (χ1n) is 8.73. The van der Waals surface area contributed by atoms with Crippen LogP contribution in [0.4, 0.5) is 16.3 Å². The van der Waals surface area contributed by atoms with Crippen molar-refractivity contribution in [2.45, 2.75) is 32.8 Å². The van der Waals surface area contributed by atoms with E-state index < -0.39 is 11.7 Å². The molecular formula is C18H24BrN5O2. The molecule has 7 nitrogen and oxygen atoms in total. The molecule has 0 spiro atoms. The summed E-state index contributed by atoms with van der Waals surface area (Å²) >= 11 is 3.64. The lowest BCUT2D eigenvalue weighted by atomic mass is 10.1. The van der Waals surface area contributed by atoms with Crippen molar-refractivity contribution >= 4 is 44.4 Å². The molecule has 1 aromatic carbocycles. The van der Waals surface area contributed by atoms with Gasteiger partial charge in [-0.1, -0.05) is 0 Å². The summed E-state index contributed by atoms with van der Waals surface area (Å²) in [5.41, 5.74) is 1.54. The number of rotatable bonds is 5. The van der Waals surface area contributed by atoms with Gasteiger partial charge in [-0.3, -0.25) is 0 Å². The fourth-order valence-electron chi connectivity index (χ4n) is 2.67.